The van der Waals surface area contributed by atoms with E-state index in [0.717, 1.165) is 33.4 Å². The van der Waals surface area contributed by atoms with Crippen LogP contribution in [-0.2, 0) is 0 Å². The fraction of sp³-hybridized carbons (Fsp3) is 0.115. The number of hydrogen-bond acceptors (Lipinski definition) is 4. The van der Waals surface area contributed by atoms with Crippen molar-refractivity contribution in [1.29, 1.82) is 0 Å². The molecule has 5 heteroatoms. The van der Waals surface area contributed by atoms with E-state index < -0.39 is 0 Å². The van der Waals surface area contributed by atoms with Gasteiger partial charge < -0.3 is 4.90 Å². The van der Waals surface area contributed by atoms with Gasteiger partial charge in [0.2, 0.25) is 0 Å². The molecule has 31 heavy (non-hydrogen) atoms. The van der Waals surface area contributed by atoms with Gasteiger partial charge in [0, 0.05) is 30.7 Å². The Bertz CT molecular complexity index is 1240. The summed E-state index contributed by atoms with van der Waals surface area (Å²) in [6.45, 7) is 2.04. The maximum absolute atomic E-state index is 13.0. The number of para-hydroxylation sites is 1. The van der Waals surface area contributed by atoms with Crippen LogP contribution in [0.5, 0.6) is 0 Å². The molecule has 5 nitrogen and oxygen atoms in total. The van der Waals surface area contributed by atoms with E-state index in [4.69, 9.17) is 4.98 Å². The van der Waals surface area contributed by atoms with Crippen LogP contribution in [0.3, 0.4) is 0 Å². The number of carbonyl (C=O) groups excluding carboxylic acids is 1. The highest BCUT2D eigenvalue weighted by Gasteiger charge is 2.13. The Hall–Kier alpha value is -3.99. The van der Waals surface area contributed by atoms with Crippen molar-refractivity contribution < 1.29 is 4.79 Å². The number of nitrogens with one attached hydrogen (secondary N) is 1. The lowest BCUT2D eigenvalue weighted by Gasteiger charge is -2.11. The summed E-state index contributed by atoms with van der Waals surface area (Å²) in [7, 11) is 3.99. The number of aromatic nitrogens is 1. The van der Waals surface area contributed by atoms with Gasteiger partial charge in [-0.05, 0) is 36.8 Å². The molecular formula is C26H24N4O. The minimum Gasteiger partial charge on any atom is -0.378 e. The average Bonchev–Trinajstić information content (AvgIpc) is 2.79. The van der Waals surface area contributed by atoms with Crippen molar-refractivity contribution >= 4 is 28.7 Å². The van der Waals surface area contributed by atoms with Crippen molar-refractivity contribution in [3.8, 4) is 11.3 Å². The second-order valence-corrected chi connectivity index (χ2v) is 7.62. The van der Waals surface area contributed by atoms with Crippen LogP contribution in [0.25, 0.3) is 22.2 Å². The molecule has 0 atom stereocenters. The molecule has 3 aromatic carbocycles. The molecule has 1 N–H and O–H groups in total. The predicted octanol–water partition coefficient (Wildman–Crippen LogP) is 5.04. The minimum atomic E-state index is -0.270. The zero-order valence-corrected chi connectivity index (χ0v) is 17.8. The summed E-state index contributed by atoms with van der Waals surface area (Å²) in [5.41, 5.74) is 8.89. The van der Waals surface area contributed by atoms with Crippen molar-refractivity contribution in [2.24, 2.45) is 5.10 Å². The summed E-state index contributed by atoms with van der Waals surface area (Å²) in [6.07, 6.45) is 1.64. The Kier molecular flexibility index (Phi) is 5.76. The summed E-state index contributed by atoms with van der Waals surface area (Å²) in [4.78, 5) is 19.7. The third-order valence-electron chi connectivity index (χ3n) is 5.10. The molecule has 154 valence electrons. The zero-order valence-electron chi connectivity index (χ0n) is 17.8. The molecule has 0 aliphatic heterocycles. The number of nitrogens with zero attached hydrogens (tertiary/aromatic N) is 3. The molecule has 0 radical (unpaired) electrons. The molecule has 4 rings (SSSR count). The molecule has 0 fully saturated rings. The first kappa shape index (κ1) is 20.3. The number of carbonyl (C=O) groups is 1. The molecule has 0 bridgehead atoms. The Morgan fingerprint density at radius 3 is 2.39 bits per heavy atom. The van der Waals surface area contributed by atoms with Gasteiger partial charge in [-0.25, -0.2) is 10.4 Å². The van der Waals surface area contributed by atoms with Gasteiger partial charge in [-0.15, -0.1) is 0 Å². The maximum atomic E-state index is 13.0. The minimum absolute atomic E-state index is 0.270. The molecule has 0 spiro atoms. The Morgan fingerprint density at radius 1 is 0.968 bits per heavy atom. The summed E-state index contributed by atoms with van der Waals surface area (Å²) < 4.78 is 0. The van der Waals surface area contributed by atoms with E-state index >= 15 is 0 Å². The van der Waals surface area contributed by atoms with E-state index in [1.807, 2.05) is 105 Å². The number of aryl methyl sites for hydroxylation is 1. The highest BCUT2D eigenvalue weighted by atomic mass is 16.2. The Balaban J connectivity index is 1.61. The monoisotopic (exact) mass is 408 g/mol. The van der Waals surface area contributed by atoms with E-state index in [1.54, 1.807) is 6.21 Å². The van der Waals surface area contributed by atoms with Gasteiger partial charge in [-0.3, -0.25) is 4.79 Å². The van der Waals surface area contributed by atoms with Crippen LogP contribution < -0.4 is 10.3 Å². The van der Waals surface area contributed by atoms with Crippen LogP contribution in [0.4, 0.5) is 5.69 Å². The van der Waals surface area contributed by atoms with E-state index in [-0.39, 0.29) is 5.91 Å². The van der Waals surface area contributed by atoms with Crippen LogP contribution >= 0.6 is 0 Å². The average molecular weight is 409 g/mol. The molecule has 0 aliphatic rings. The highest BCUT2D eigenvalue weighted by molar-refractivity contribution is 6.07. The summed E-state index contributed by atoms with van der Waals surface area (Å²) >= 11 is 0. The van der Waals surface area contributed by atoms with Crippen molar-refractivity contribution in [3.05, 3.63) is 95.6 Å². The largest absolute Gasteiger partial charge is 0.378 e. The smallest absolute Gasteiger partial charge is 0.272 e. The van der Waals surface area contributed by atoms with Gasteiger partial charge in [0.05, 0.1) is 23.0 Å². The number of amides is 1. The number of rotatable bonds is 5. The lowest BCUT2D eigenvalue weighted by Crippen LogP contribution is -2.18. The molecule has 0 saturated carbocycles. The molecule has 1 heterocycles. The third-order valence-corrected chi connectivity index (χ3v) is 5.10. The van der Waals surface area contributed by atoms with Gasteiger partial charge in [0.25, 0.3) is 5.91 Å². The first-order valence-electron chi connectivity index (χ1n) is 10.1. The van der Waals surface area contributed by atoms with Crippen LogP contribution in [0.2, 0.25) is 0 Å². The van der Waals surface area contributed by atoms with E-state index in [2.05, 4.69) is 10.5 Å². The number of benzene rings is 3. The van der Waals surface area contributed by atoms with Gasteiger partial charge in [0.1, 0.15) is 0 Å². The highest BCUT2D eigenvalue weighted by Crippen LogP contribution is 2.25. The van der Waals surface area contributed by atoms with Crippen LogP contribution in [0.1, 0.15) is 21.5 Å². The number of hydrogen-bond donors (Lipinski definition) is 1. The van der Waals surface area contributed by atoms with Crippen LogP contribution in [-0.4, -0.2) is 31.2 Å². The number of anilines is 1. The van der Waals surface area contributed by atoms with Gasteiger partial charge >= 0.3 is 0 Å². The number of fused-ring (bicyclic) bond motifs is 1. The molecule has 0 aliphatic carbocycles. The summed E-state index contributed by atoms with van der Waals surface area (Å²) in [6, 6.07) is 25.5. The SMILES string of the molecule is Cc1ccc(-c2cc(C(=O)N/N=C/c3ccc(N(C)C)cc3)c3ccccc3n2)cc1. The fourth-order valence-corrected chi connectivity index (χ4v) is 3.32. The first-order chi connectivity index (χ1) is 15.0. The molecule has 1 aromatic heterocycles. The molecular weight excluding hydrogens is 384 g/mol. The van der Waals surface area contributed by atoms with Gasteiger partial charge in [0.15, 0.2) is 0 Å². The van der Waals surface area contributed by atoms with Crippen molar-refractivity contribution in [1.82, 2.24) is 10.4 Å². The lowest BCUT2D eigenvalue weighted by atomic mass is 10.0. The van der Waals surface area contributed by atoms with E-state index in [9.17, 15) is 4.79 Å². The zero-order chi connectivity index (χ0) is 21.8. The fourth-order valence-electron chi connectivity index (χ4n) is 3.32. The second-order valence-electron chi connectivity index (χ2n) is 7.62. The topological polar surface area (TPSA) is 57.6 Å². The molecule has 1 amide bonds. The van der Waals surface area contributed by atoms with Crippen LogP contribution in [0.15, 0.2) is 84.0 Å². The molecule has 4 aromatic rings. The van der Waals surface area contributed by atoms with Crippen molar-refractivity contribution in [2.75, 3.05) is 19.0 Å². The van der Waals surface area contributed by atoms with Crippen molar-refractivity contribution in [3.63, 3.8) is 0 Å². The summed E-state index contributed by atoms with van der Waals surface area (Å²) in [5.74, 6) is -0.270. The van der Waals surface area contributed by atoms with Crippen LogP contribution in [0, 0.1) is 6.92 Å². The quantitative estimate of drug-likeness (QED) is 0.372. The van der Waals surface area contributed by atoms with Gasteiger partial charge in [-0.1, -0.05) is 60.2 Å². The van der Waals surface area contributed by atoms with Crippen molar-refractivity contribution in [2.45, 2.75) is 6.92 Å². The predicted molar refractivity (Wildman–Crippen MR) is 128 cm³/mol. The standard InChI is InChI=1S/C26H24N4O/c1-18-8-12-20(13-9-18)25-16-23(22-6-4-5-7-24(22)28-25)26(31)29-27-17-19-10-14-21(15-11-19)30(2)3/h4-17H,1-3H3,(H,29,31)/b27-17+. The van der Waals surface area contributed by atoms with E-state index in [1.165, 1.54) is 5.56 Å². The normalized spacial score (nSPS) is 11.1. The molecule has 0 unspecified atom stereocenters. The first-order valence-corrected chi connectivity index (χ1v) is 10.1. The maximum Gasteiger partial charge on any atom is 0.272 e. The lowest BCUT2D eigenvalue weighted by molar-refractivity contribution is 0.0956. The van der Waals surface area contributed by atoms with Gasteiger partial charge in [-0.2, -0.15) is 5.10 Å². The number of pyridine rings is 1. The summed E-state index contributed by atoms with van der Waals surface area (Å²) in [5, 5.41) is 4.95. The number of hydrazone groups is 1. The third kappa shape index (κ3) is 4.61. The second kappa shape index (κ2) is 8.79. The van der Waals surface area contributed by atoms with E-state index in [0.29, 0.717) is 5.56 Å². The Labute approximate surface area is 182 Å². The Morgan fingerprint density at radius 2 is 1.68 bits per heavy atom. The molecule has 0 saturated heterocycles.